The van der Waals surface area contributed by atoms with Crippen LogP contribution in [0.15, 0.2) is 16.6 Å². The fourth-order valence-corrected chi connectivity index (χ4v) is 3.27. The van der Waals surface area contributed by atoms with Crippen LogP contribution in [0.25, 0.3) is 0 Å². The van der Waals surface area contributed by atoms with Gasteiger partial charge in [0.25, 0.3) is 5.91 Å². The summed E-state index contributed by atoms with van der Waals surface area (Å²) < 4.78 is 11.4. The van der Waals surface area contributed by atoms with Crippen molar-refractivity contribution >= 4 is 27.7 Å². The van der Waals surface area contributed by atoms with E-state index in [1.165, 1.54) is 0 Å². The Kier molecular flexibility index (Phi) is 6.90. The summed E-state index contributed by atoms with van der Waals surface area (Å²) >= 11 is 3.39. The van der Waals surface area contributed by atoms with Crippen molar-refractivity contribution in [2.24, 2.45) is 0 Å². The maximum absolute atomic E-state index is 12.3. The molecule has 0 aliphatic carbocycles. The van der Waals surface area contributed by atoms with Crippen LogP contribution in [0.2, 0.25) is 0 Å². The summed E-state index contributed by atoms with van der Waals surface area (Å²) in [6.07, 6.45) is 2.46. The first kappa shape index (κ1) is 18.6. The third-order valence-corrected chi connectivity index (χ3v) is 4.45. The predicted octanol–water partition coefficient (Wildman–Crippen LogP) is 2.60. The topological polar surface area (TPSA) is 67.9 Å². The first-order chi connectivity index (χ1) is 11.6. The van der Waals surface area contributed by atoms with Crippen molar-refractivity contribution < 1.29 is 19.1 Å². The molecule has 0 atom stereocenters. The second kappa shape index (κ2) is 8.92. The van der Waals surface area contributed by atoms with Crippen molar-refractivity contribution in [1.29, 1.82) is 0 Å². The normalized spacial score (nSPS) is 13.7. The van der Waals surface area contributed by atoms with Crippen molar-refractivity contribution in [2.75, 3.05) is 33.4 Å². The zero-order valence-electron chi connectivity index (χ0n) is 14.1. The average Bonchev–Trinajstić information content (AvgIpc) is 3.09. The molecule has 0 aromatic heterocycles. The minimum atomic E-state index is -0.242. The molecule has 24 heavy (non-hydrogen) atoms. The molecule has 0 unspecified atom stereocenters. The Labute approximate surface area is 150 Å². The van der Waals surface area contributed by atoms with Crippen LogP contribution < -0.4 is 14.8 Å². The number of hydrogen-bond donors (Lipinski definition) is 1. The highest BCUT2D eigenvalue weighted by atomic mass is 79.9. The lowest BCUT2D eigenvalue weighted by Crippen LogP contribution is -2.32. The number of carbonyl (C=O) groups excluding carboxylic acids is 2. The molecule has 1 N–H and O–H groups in total. The number of hydrogen-bond acceptors (Lipinski definition) is 4. The van der Waals surface area contributed by atoms with Gasteiger partial charge in [0.15, 0.2) is 11.5 Å². The zero-order chi connectivity index (χ0) is 17.5. The summed E-state index contributed by atoms with van der Waals surface area (Å²) in [5.41, 5.74) is 0.458. The van der Waals surface area contributed by atoms with E-state index in [0.29, 0.717) is 41.1 Å². The van der Waals surface area contributed by atoms with Gasteiger partial charge in [-0.15, -0.1) is 0 Å². The van der Waals surface area contributed by atoms with Gasteiger partial charge in [-0.05, 0) is 47.8 Å². The average molecular weight is 399 g/mol. The largest absolute Gasteiger partial charge is 0.492 e. The Morgan fingerprint density at radius 2 is 2.00 bits per heavy atom. The summed E-state index contributed by atoms with van der Waals surface area (Å²) in [6, 6.07) is 3.32. The molecule has 1 aromatic rings. The van der Waals surface area contributed by atoms with Crippen molar-refractivity contribution in [1.82, 2.24) is 10.2 Å². The molecule has 1 aromatic carbocycles. The number of amides is 2. The van der Waals surface area contributed by atoms with Gasteiger partial charge in [-0.3, -0.25) is 9.59 Å². The van der Waals surface area contributed by atoms with Crippen LogP contribution in [-0.4, -0.2) is 50.1 Å². The third-order valence-electron chi connectivity index (χ3n) is 3.86. The lowest BCUT2D eigenvalue weighted by Gasteiger charge is -2.16. The molecule has 1 heterocycles. The van der Waals surface area contributed by atoms with E-state index in [0.717, 1.165) is 25.9 Å². The van der Waals surface area contributed by atoms with Gasteiger partial charge in [-0.25, -0.2) is 0 Å². The highest BCUT2D eigenvalue weighted by Crippen LogP contribution is 2.36. The van der Waals surface area contributed by atoms with Gasteiger partial charge < -0.3 is 19.7 Å². The number of nitrogens with zero attached hydrogens (tertiary/aromatic N) is 1. The van der Waals surface area contributed by atoms with E-state index >= 15 is 0 Å². The Bertz CT molecular complexity index is 600. The molecule has 1 aliphatic rings. The van der Waals surface area contributed by atoms with E-state index in [9.17, 15) is 9.59 Å². The Morgan fingerprint density at radius 3 is 2.62 bits per heavy atom. The number of benzene rings is 1. The van der Waals surface area contributed by atoms with Gasteiger partial charge >= 0.3 is 0 Å². The van der Waals surface area contributed by atoms with Crippen molar-refractivity contribution in [3.63, 3.8) is 0 Å². The first-order valence-corrected chi connectivity index (χ1v) is 8.92. The van der Waals surface area contributed by atoms with E-state index in [2.05, 4.69) is 21.2 Å². The molecule has 0 bridgehead atoms. The van der Waals surface area contributed by atoms with Crippen LogP contribution in [0.4, 0.5) is 0 Å². The quantitative estimate of drug-likeness (QED) is 0.766. The molecular weight excluding hydrogens is 376 g/mol. The van der Waals surface area contributed by atoms with Gasteiger partial charge in [-0.2, -0.15) is 0 Å². The molecule has 0 saturated carbocycles. The van der Waals surface area contributed by atoms with Crippen LogP contribution in [-0.2, 0) is 4.79 Å². The van der Waals surface area contributed by atoms with E-state index in [1.807, 2.05) is 11.8 Å². The number of rotatable bonds is 7. The number of nitrogens with one attached hydrogen (secondary N) is 1. The fraction of sp³-hybridized carbons (Fsp3) is 0.529. The number of methoxy groups -OCH3 is 1. The molecule has 6 nitrogen and oxygen atoms in total. The standard InChI is InChI=1S/C17H23BrN2O4/c1-3-24-14-11-12(10-13(18)16(14)23-2)17(22)19-7-6-15(21)20-8-4-5-9-20/h10-11H,3-9H2,1-2H3,(H,19,22). The molecule has 132 valence electrons. The van der Waals surface area contributed by atoms with Gasteiger partial charge in [0, 0.05) is 31.6 Å². The smallest absolute Gasteiger partial charge is 0.251 e. The summed E-state index contributed by atoms with van der Waals surface area (Å²) in [6.45, 7) is 4.32. The van der Waals surface area contributed by atoms with Gasteiger partial charge in [-0.1, -0.05) is 0 Å². The molecule has 7 heteroatoms. The highest BCUT2D eigenvalue weighted by Gasteiger charge is 2.18. The maximum atomic E-state index is 12.3. The summed E-state index contributed by atoms with van der Waals surface area (Å²) in [7, 11) is 1.55. The number of likely N-dealkylation sites (tertiary alicyclic amines) is 1. The Morgan fingerprint density at radius 1 is 1.29 bits per heavy atom. The Balaban J connectivity index is 1.95. The molecule has 0 spiro atoms. The summed E-state index contributed by atoms with van der Waals surface area (Å²) in [5.74, 6) is 0.914. The van der Waals surface area contributed by atoms with Gasteiger partial charge in [0.1, 0.15) is 0 Å². The van der Waals surface area contributed by atoms with Crippen LogP contribution in [0.5, 0.6) is 11.5 Å². The monoisotopic (exact) mass is 398 g/mol. The third kappa shape index (κ3) is 4.63. The molecule has 0 radical (unpaired) electrons. The zero-order valence-corrected chi connectivity index (χ0v) is 15.6. The Hall–Kier alpha value is -1.76. The molecule has 1 saturated heterocycles. The number of ether oxygens (including phenoxy) is 2. The fourth-order valence-electron chi connectivity index (χ4n) is 2.67. The number of carbonyl (C=O) groups is 2. The predicted molar refractivity (Wildman–Crippen MR) is 94.6 cm³/mol. The second-order valence-electron chi connectivity index (χ2n) is 5.52. The van der Waals surface area contributed by atoms with Crippen LogP contribution in [0.1, 0.15) is 36.5 Å². The number of halogens is 1. The highest BCUT2D eigenvalue weighted by molar-refractivity contribution is 9.10. The maximum Gasteiger partial charge on any atom is 0.251 e. The SMILES string of the molecule is CCOc1cc(C(=O)NCCC(=O)N2CCCC2)cc(Br)c1OC. The summed E-state index contributed by atoms with van der Waals surface area (Å²) in [4.78, 5) is 26.1. The lowest BCUT2D eigenvalue weighted by atomic mass is 10.2. The van der Waals surface area contributed by atoms with E-state index in [-0.39, 0.29) is 11.8 Å². The second-order valence-corrected chi connectivity index (χ2v) is 6.37. The van der Waals surface area contributed by atoms with E-state index in [4.69, 9.17) is 9.47 Å². The molecular formula is C17H23BrN2O4. The minimum Gasteiger partial charge on any atom is -0.492 e. The van der Waals surface area contributed by atoms with Crippen molar-refractivity contribution in [3.05, 3.63) is 22.2 Å². The van der Waals surface area contributed by atoms with Gasteiger partial charge in [0.2, 0.25) is 5.91 Å². The summed E-state index contributed by atoms with van der Waals surface area (Å²) in [5, 5.41) is 2.78. The molecule has 2 rings (SSSR count). The molecule has 2 amide bonds. The first-order valence-electron chi connectivity index (χ1n) is 8.13. The van der Waals surface area contributed by atoms with E-state index in [1.54, 1.807) is 19.2 Å². The van der Waals surface area contributed by atoms with Gasteiger partial charge in [0.05, 0.1) is 18.2 Å². The molecule has 1 fully saturated rings. The van der Waals surface area contributed by atoms with Crippen molar-refractivity contribution in [3.8, 4) is 11.5 Å². The van der Waals surface area contributed by atoms with Crippen LogP contribution >= 0.6 is 15.9 Å². The minimum absolute atomic E-state index is 0.0960. The molecule has 1 aliphatic heterocycles. The lowest BCUT2D eigenvalue weighted by molar-refractivity contribution is -0.129. The van der Waals surface area contributed by atoms with Crippen molar-refractivity contribution in [2.45, 2.75) is 26.2 Å². The van der Waals surface area contributed by atoms with Crippen LogP contribution in [0.3, 0.4) is 0 Å². The van der Waals surface area contributed by atoms with Crippen LogP contribution in [0, 0.1) is 0 Å². The van der Waals surface area contributed by atoms with E-state index < -0.39 is 0 Å².